The molecule has 0 amide bonds. The van der Waals surface area contributed by atoms with Crippen LogP contribution in [0.3, 0.4) is 0 Å². The largest absolute Gasteiger partial charge is 0.385 e. The van der Waals surface area contributed by atoms with Gasteiger partial charge in [0.05, 0.1) is 0 Å². The molecule has 0 bridgehead atoms. The molecule has 0 fully saturated rings. The van der Waals surface area contributed by atoms with E-state index < -0.39 is 0 Å². The molecule has 0 aromatic heterocycles. The van der Waals surface area contributed by atoms with Crippen molar-refractivity contribution in [2.75, 3.05) is 40.4 Å². The topological polar surface area (TPSA) is 24.5 Å². The Morgan fingerprint density at radius 2 is 1.90 bits per heavy atom. The first-order valence-electron chi connectivity index (χ1n) is 8.14. The monoisotopic (exact) mass is 292 g/mol. The number of rotatable bonds is 11. The predicted molar refractivity (Wildman–Crippen MR) is 90.8 cm³/mol. The molecule has 21 heavy (non-hydrogen) atoms. The zero-order valence-corrected chi connectivity index (χ0v) is 14.2. The van der Waals surface area contributed by atoms with E-state index >= 15 is 0 Å². The van der Waals surface area contributed by atoms with Gasteiger partial charge in [0.2, 0.25) is 0 Å². The van der Waals surface area contributed by atoms with Gasteiger partial charge >= 0.3 is 0 Å². The van der Waals surface area contributed by atoms with Crippen LogP contribution in [0.25, 0.3) is 0 Å². The van der Waals surface area contributed by atoms with Crippen molar-refractivity contribution in [1.82, 2.24) is 10.2 Å². The highest BCUT2D eigenvalue weighted by molar-refractivity contribution is 5.24. The summed E-state index contributed by atoms with van der Waals surface area (Å²) in [5, 5.41) is 3.68. The van der Waals surface area contributed by atoms with Crippen LogP contribution in [-0.2, 0) is 4.74 Å². The highest BCUT2D eigenvalue weighted by Gasteiger charge is 2.11. The number of methoxy groups -OCH3 is 1. The van der Waals surface area contributed by atoms with E-state index in [1.807, 2.05) is 0 Å². The van der Waals surface area contributed by atoms with Crippen LogP contribution in [0.2, 0.25) is 0 Å². The fourth-order valence-electron chi connectivity index (χ4n) is 2.44. The van der Waals surface area contributed by atoms with Crippen LogP contribution in [0.1, 0.15) is 43.4 Å². The van der Waals surface area contributed by atoms with Crippen molar-refractivity contribution in [3.63, 3.8) is 0 Å². The molecule has 1 aromatic carbocycles. The van der Waals surface area contributed by atoms with Crippen molar-refractivity contribution in [1.29, 1.82) is 0 Å². The van der Waals surface area contributed by atoms with Gasteiger partial charge in [0, 0.05) is 26.3 Å². The SMILES string of the molecule is CCCNC(CCN(C)CCCOC)c1ccc(C)cc1. The molecule has 3 nitrogen and oxygen atoms in total. The minimum absolute atomic E-state index is 0.454. The molecule has 0 saturated heterocycles. The van der Waals surface area contributed by atoms with Gasteiger partial charge in [0.25, 0.3) is 0 Å². The van der Waals surface area contributed by atoms with Crippen LogP contribution < -0.4 is 5.32 Å². The highest BCUT2D eigenvalue weighted by Crippen LogP contribution is 2.18. The van der Waals surface area contributed by atoms with E-state index in [1.54, 1.807) is 7.11 Å². The molecule has 1 atom stereocenters. The lowest BCUT2D eigenvalue weighted by Gasteiger charge is -2.23. The smallest absolute Gasteiger partial charge is 0.0474 e. The third-order valence-electron chi connectivity index (χ3n) is 3.81. The molecule has 0 aliphatic carbocycles. The molecule has 0 saturated carbocycles. The van der Waals surface area contributed by atoms with Gasteiger partial charge in [-0.05, 0) is 51.9 Å². The number of hydrogen-bond acceptors (Lipinski definition) is 3. The Labute approximate surface area is 130 Å². The standard InChI is InChI=1S/C18H32N2O/c1-5-12-19-18(17-9-7-16(2)8-10-17)11-14-20(3)13-6-15-21-4/h7-10,18-19H,5-6,11-15H2,1-4H3. The molecule has 0 aliphatic rings. The Hall–Kier alpha value is -0.900. The van der Waals surface area contributed by atoms with Crippen LogP contribution in [0.4, 0.5) is 0 Å². The lowest BCUT2D eigenvalue weighted by molar-refractivity contribution is 0.178. The Morgan fingerprint density at radius 3 is 2.52 bits per heavy atom. The summed E-state index contributed by atoms with van der Waals surface area (Å²) in [5.41, 5.74) is 2.73. The van der Waals surface area contributed by atoms with Crippen LogP contribution in [0.15, 0.2) is 24.3 Å². The van der Waals surface area contributed by atoms with Gasteiger partial charge in [-0.3, -0.25) is 0 Å². The Morgan fingerprint density at radius 1 is 1.19 bits per heavy atom. The molecule has 1 rings (SSSR count). The van der Waals surface area contributed by atoms with Gasteiger partial charge < -0.3 is 15.0 Å². The molecule has 1 N–H and O–H groups in total. The maximum atomic E-state index is 5.11. The second kappa shape index (κ2) is 10.8. The summed E-state index contributed by atoms with van der Waals surface area (Å²) in [7, 11) is 3.96. The van der Waals surface area contributed by atoms with Crippen molar-refractivity contribution >= 4 is 0 Å². The summed E-state index contributed by atoms with van der Waals surface area (Å²) < 4.78 is 5.11. The van der Waals surface area contributed by atoms with Gasteiger partial charge in [-0.1, -0.05) is 36.8 Å². The summed E-state index contributed by atoms with van der Waals surface area (Å²) in [6.45, 7) is 8.49. The zero-order chi connectivity index (χ0) is 15.5. The Balaban J connectivity index is 2.47. The molecule has 1 unspecified atom stereocenters. The van der Waals surface area contributed by atoms with Crippen molar-refractivity contribution in [2.24, 2.45) is 0 Å². The molecule has 120 valence electrons. The van der Waals surface area contributed by atoms with Crippen molar-refractivity contribution < 1.29 is 4.74 Å². The van der Waals surface area contributed by atoms with Crippen LogP contribution in [-0.4, -0.2) is 45.3 Å². The fourth-order valence-corrected chi connectivity index (χ4v) is 2.44. The lowest BCUT2D eigenvalue weighted by Crippen LogP contribution is -2.28. The molecular weight excluding hydrogens is 260 g/mol. The molecule has 0 spiro atoms. The summed E-state index contributed by atoms with van der Waals surface area (Å²) in [5.74, 6) is 0. The number of nitrogens with one attached hydrogen (secondary N) is 1. The van der Waals surface area contributed by atoms with E-state index in [0.717, 1.165) is 39.1 Å². The first-order valence-corrected chi connectivity index (χ1v) is 8.14. The summed E-state index contributed by atoms with van der Waals surface area (Å²) >= 11 is 0. The number of nitrogens with zero attached hydrogens (tertiary/aromatic N) is 1. The number of aryl methyl sites for hydroxylation is 1. The van der Waals surface area contributed by atoms with Crippen molar-refractivity contribution in [3.8, 4) is 0 Å². The first kappa shape index (κ1) is 18.1. The quantitative estimate of drug-likeness (QED) is 0.633. The van der Waals surface area contributed by atoms with E-state index in [4.69, 9.17) is 4.74 Å². The summed E-state index contributed by atoms with van der Waals surface area (Å²) in [4.78, 5) is 2.40. The molecular formula is C18H32N2O. The molecule has 3 heteroatoms. The molecule has 0 aliphatic heterocycles. The third kappa shape index (κ3) is 7.60. The average molecular weight is 292 g/mol. The van der Waals surface area contributed by atoms with Crippen molar-refractivity contribution in [3.05, 3.63) is 35.4 Å². The van der Waals surface area contributed by atoms with E-state index in [-0.39, 0.29) is 0 Å². The Bertz CT molecular complexity index is 364. The van der Waals surface area contributed by atoms with E-state index in [1.165, 1.54) is 17.5 Å². The maximum Gasteiger partial charge on any atom is 0.0474 e. The van der Waals surface area contributed by atoms with Gasteiger partial charge in [-0.2, -0.15) is 0 Å². The highest BCUT2D eigenvalue weighted by atomic mass is 16.5. The van der Waals surface area contributed by atoms with E-state index in [9.17, 15) is 0 Å². The average Bonchev–Trinajstić information content (AvgIpc) is 2.49. The molecule has 1 aromatic rings. The number of hydrogen-bond donors (Lipinski definition) is 1. The minimum Gasteiger partial charge on any atom is -0.385 e. The third-order valence-corrected chi connectivity index (χ3v) is 3.81. The Kier molecular flexibility index (Phi) is 9.31. The zero-order valence-electron chi connectivity index (χ0n) is 14.2. The maximum absolute atomic E-state index is 5.11. The van der Waals surface area contributed by atoms with E-state index in [0.29, 0.717) is 6.04 Å². The predicted octanol–water partition coefficient (Wildman–Crippen LogP) is 3.39. The summed E-state index contributed by atoms with van der Waals surface area (Å²) in [6, 6.07) is 9.38. The second-order valence-corrected chi connectivity index (χ2v) is 5.86. The summed E-state index contributed by atoms with van der Waals surface area (Å²) in [6.07, 6.45) is 3.42. The van der Waals surface area contributed by atoms with Crippen LogP contribution in [0, 0.1) is 6.92 Å². The van der Waals surface area contributed by atoms with Gasteiger partial charge in [-0.15, -0.1) is 0 Å². The van der Waals surface area contributed by atoms with Gasteiger partial charge in [0.15, 0.2) is 0 Å². The van der Waals surface area contributed by atoms with Crippen LogP contribution >= 0.6 is 0 Å². The lowest BCUT2D eigenvalue weighted by atomic mass is 10.0. The first-order chi connectivity index (χ1) is 10.2. The van der Waals surface area contributed by atoms with Crippen molar-refractivity contribution in [2.45, 2.75) is 39.2 Å². The van der Waals surface area contributed by atoms with Crippen LogP contribution in [0.5, 0.6) is 0 Å². The normalized spacial score (nSPS) is 12.8. The number of benzene rings is 1. The fraction of sp³-hybridized carbons (Fsp3) is 0.667. The molecule has 0 heterocycles. The van der Waals surface area contributed by atoms with Gasteiger partial charge in [-0.25, -0.2) is 0 Å². The van der Waals surface area contributed by atoms with Gasteiger partial charge in [0.1, 0.15) is 0 Å². The second-order valence-electron chi connectivity index (χ2n) is 5.86. The number of ether oxygens (including phenoxy) is 1. The molecule has 0 radical (unpaired) electrons. The minimum atomic E-state index is 0.454. The van der Waals surface area contributed by atoms with E-state index in [2.05, 4.69) is 55.4 Å².